The average molecular weight is 507 g/mol. The summed E-state index contributed by atoms with van der Waals surface area (Å²) in [6.07, 6.45) is 8.05. The van der Waals surface area contributed by atoms with Crippen molar-refractivity contribution in [3.8, 4) is 29.2 Å². The number of nitriles is 1. The van der Waals surface area contributed by atoms with E-state index in [1.54, 1.807) is 52.3 Å². The summed E-state index contributed by atoms with van der Waals surface area (Å²) in [7, 11) is 0. The lowest BCUT2D eigenvalue weighted by Crippen LogP contribution is -2.23. The molecule has 0 saturated carbocycles. The lowest BCUT2D eigenvalue weighted by atomic mass is 9.98. The SMILES string of the molecule is N#Cc1ccc2ncn(-c3ncc4nc(-c5cncnc5)n([C@@H]5CCOc6c(F)ccc(F)c65)c4n3)c2c1. The molecule has 12 heteroatoms. The largest absolute Gasteiger partial charge is 0.490 e. The van der Waals surface area contributed by atoms with Crippen LogP contribution in [0.4, 0.5) is 8.78 Å². The number of benzene rings is 2. The Hall–Kier alpha value is -5.31. The Morgan fingerprint density at radius 3 is 2.66 bits per heavy atom. The summed E-state index contributed by atoms with van der Waals surface area (Å²) in [5, 5.41) is 9.35. The number of imidazole rings is 2. The van der Waals surface area contributed by atoms with Gasteiger partial charge < -0.3 is 9.30 Å². The van der Waals surface area contributed by atoms with E-state index in [1.807, 2.05) is 0 Å². The Balaban J connectivity index is 1.50. The summed E-state index contributed by atoms with van der Waals surface area (Å²) in [5.74, 6) is -0.664. The van der Waals surface area contributed by atoms with Crippen LogP contribution in [-0.4, -0.2) is 45.6 Å². The first-order chi connectivity index (χ1) is 18.6. The molecule has 1 aliphatic rings. The standard InChI is InChI=1S/C26H15F2N9O/c27-16-2-3-17(28)23-22(16)20(5-6-38-23)37-24(15-9-30-12-31-10-15)34-19-11-32-26(35-25(19)37)36-13-33-18-4-1-14(8-29)7-21(18)36/h1-4,7,9-13,20H,5-6H2/t20-/m1/s1. The van der Waals surface area contributed by atoms with Crippen molar-refractivity contribution < 1.29 is 13.5 Å². The van der Waals surface area contributed by atoms with Crippen LogP contribution >= 0.6 is 0 Å². The molecule has 184 valence electrons. The van der Waals surface area contributed by atoms with Crippen molar-refractivity contribution in [3.63, 3.8) is 0 Å². The Kier molecular flexibility index (Phi) is 4.83. The Morgan fingerprint density at radius 1 is 0.974 bits per heavy atom. The van der Waals surface area contributed by atoms with Gasteiger partial charge in [0.25, 0.3) is 0 Å². The zero-order valence-corrected chi connectivity index (χ0v) is 19.5. The molecule has 0 saturated heterocycles. The molecular formula is C26H15F2N9O. The molecule has 2 aromatic carbocycles. The maximum absolute atomic E-state index is 15.2. The van der Waals surface area contributed by atoms with Gasteiger partial charge in [-0.15, -0.1) is 0 Å². The number of aromatic nitrogens is 8. The smallest absolute Gasteiger partial charge is 0.237 e. The molecule has 7 rings (SSSR count). The van der Waals surface area contributed by atoms with Crippen LogP contribution in [0.1, 0.15) is 23.6 Å². The molecule has 0 radical (unpaired) electrons. The fourth-order valence-electron chi connectivity index (χ4n) is 4.83. The van der Waals surface area contributed by atoms with E-state index in [0.717, 1.165) is 12.1 Å². The molecule has 10 nitrogen and oxygen atoms in total. The van der Waals surface area contributed by atoms with E-state index in [-0.39, 0.29) is 23.9 Å². The third kappa shape index (κ3) is 3.29. The fourth-order valence-corrected chi connectivity index (χ4v) is 4.83. The van der Waals surface area contributed by atoms with Gasteiger partial charge in [0.05, 0.1) is 52.6 Å². The molecule has 0 fully saturated rings. The van der Waals surface area contributed by atoms with Gasteiger partial charge in [-0.05, 0) is 30.3 Å². The van der Waals surface area contributed by atoms with Crippen LogP contribution in [0.5, 0.6) is 5.75 Å². The highest BCUT2D eigenvalue weighted by atomic mass is 19.1. The van der Waals surface area contributed by atoms with E-state index < -0.39 is 17.7 Å². The Labute approximate surface area is 212 Å². The quantitative estimate of drug-likeness (QED) is 0.350. The van der Waals surface area contributed by atoms with Crippen LogP contribution in [0.25, 0.3) is 39.5 Å². The van der Waals surface area contributed by atoms with Crippen molar-refractivity contribution in [2.45, 2.75) is 12.5 Å². The van der Waals surface area contributed by atoms with E-state index in [9.17, 15) is 9.65 Å². The van der Waals surface area contributed by atoms with Gasteiger partial charge in [0.1, 0.15) is 29.8 Å². The summed E-state index contributed by atoms with van der Waals surface area (Å²) in [5.41, 5.74) is 3.28. The van der Waals surface area contributed by atoms with E-state index in [2.05, 4.69) is 26.0 Å². The van der Waals surface area contributed by atoms with Crippen molar-refractivity contribution in [1.29, 1.82) is 5.26 Å². The number of hydrogen-bond donors (Lipinski definition) is 0. The zero-order chi connectivity index (χ0) is 25.8. The average Bonchev–Trinajstić information content (AvgIpc) is 3.56. The van der Waals surface area contributed by atoms with Crippen LogP contribution in [0.15, 0.2) is 61.6 Å². The molecule has 0 amide bonds. The summed E-state index contributed by atoms with van der Waals surface area (Å²) in [4.78, 5) is 26.6. The number of halogens is 2. The highest BCUT2D eigenvalue weighted by Crippen LogP contribution is 2.41. The van der Waals surface area contributed by atoms with E-state index in [4.69, 9.17) is 14.7 Å². The maximum Gasteiger partial charge on any atom is 0.237 e. The third-order valence-electron chi connectivity index (χ3n) is 6.51. The van der Waals surface area contributed by atoms with Gasteiger partial charge in [-0.1, -0.05) is 0 Å². The topological polar surface area (TPSA) is 120 Å². The van der Waals surface area contributed by atoms with E-state index >= 15 is 4.39 Å². The number of fused-ring (bicyclic) bond motifs is 3. The van der Waals surface area contributed by atoms with Crippen LogP contribution in [0, 0.1) is 23.0 Å². The second-order valence-electron chi connectivity index (χ2n) is 8.67. The van der Waals surface area contributed by atoms with E-state index in [0.29, 0.717) is 45.6 Å². The van der Waals surface area contributed by atoms with Crippen molar-refractivity contribution >= 4 is 22.2 Å². The molecular weight excluding hydrogens is 492 g/mol. The molecule has 4 aromatic heterocycles. The third-order valence-corrected chi connectivity index (χ3v) is 6.51. The number of rotatable bonds is 3. The zero-order valence-electron chi connectivity index (χ0n) is 19.5. The number of hydrogen-bond acceptors (Lipinski definition) is 8. The fraction of sp³-hybridized carbons (Fsp3) is 0.115. The van der Waals surface area contributed by atoms with Crippen molar-refractivity contribution in [2.24, 2.45) is 0 Å². The van der Waals surface area contributed by atoms with Gasteiger partial charge in [-0.2, -0.15) is 10.2 Å². The van der Waals surface area contributed by atoms with Gasteiger partial charge >= 0.3 is 0 Å². The van der Waals surface area contributed by atoms with Gasteiger partial charge in [-0.25, -0.2) is 33.7 Å². The molecule has 1 aliphatic heterocycles. The van der Waals surface area contributed by atoms with E-state index in [1.165, 1.54) is 6.33 Å². The van der Waals surface area contributed by atoms with Gasteiger partial charge in [0.15, 0.2) is 17.2 Å². The molecule has 0 spiro atoms. The normalized spacial score (nSPS) is 14.8. The molecule has 0 N–H and O–H groups in total. The molecule has 6 aromatic rings. The highest BCUT2D eigenvalue weighted by molar-refractivity contribution is 5.80. The number of ether oxygens (including phenoxy) is 1. The van der Waals surface area contributed by atoms with Gasteiger partial charge in [-0.3, -0.25) is 4.57 Å². The predicted molar refractivity (Wildman–Crippen MR) is 130 cm³/mol. The first kappa shape index (κ1) is 21.9. The summed E-state index contributed by atoms with van der Waals surface area (Å²) < 4.78 is 38.8. The van der Waals surface area contributed by atoms with Crippen LogP contribution in [-0.2, 0) is 0 Å². The highest BCUT2D eigenvalue weighted by Gasteiger charge is 2.33. The van der Waals surface area contributed by atoms with Crippen LogP contribution in [0.3, 0.4) is 0 Å². The maximum atomic E-state index is 15.2. The molecule has 5 heterocycles. The van der Waals surface area contributed by atoms with Gasteiger partial charge in [0, 0.05) is 18.8 Å². The summed E-state index contributed by atoms with van der Waals surface area (Å²) >= 11 is 0. The number of nitrogens with zero attached hydrogens (tertiary/aromatic N) is 9. The lowest BCUT2D eigenvalue weighted by Gasteiger charge is -2.29. The molecule has 0 unspecified atom stereocenters. The first-order valence-electron chi connectivity index (χ1n) is 11.6. The minimum atomic E-state index is -0.679. The van der Waals surface area contributed by atoms with Crippen molar-refractivity contribution in [2.75, 3.05) is 6.61 Å². The molecule has 38 heavy (non-hydrogen) atoms. The van der Waals surface area contributed by atoms with Crippen molar-refractivity contribution in [1.82, 2.24) is 39.0 Å². The minimum absolute atomic E-state index is 0.0838. The Bertz CT molecular complexity index is 1910. The molecule has 1 atom stereocenters. The first-order valence-corrected chi connectivity index (χ1v) is 11.6. The predicted octanol–water partition coefficient (Wildman–Crippen LogP) is 4.14. The van der Waals surface area contributed by atoms with Gasteiger partial charge in [0.2, 0.25) is 5.95 Å². The molecule has 0 bridgehead atoms. The Morgan fingerprint density at radius 2 is 1.82 bits per heavy atom. The van der Waals surface area contributed by atoms with Crippen molar-refractivity contribution in [3.05, 3.63) is 84.3 Å². The minimum Gasteiger partial charge on any atom is -0.490 e. The van der Waals surface area contributed by atoms with Crippen LogP contribution in [0.2, 0.25) is 0 Å². The summed E-state index contributed by atoms with van der Waals surface area (Å²) in [6.45, 7) is 0.170. The molecule has 0 aliphatic carbocycles. The summed E-state index contributed by atoms with van der Waals surface area (Å²) in [6, 6.07) is 8.72. The monoisotopic (exact) mass is 507 g/mol. The lowest BCUT2D eigenvalue weighted by molar-refractivity contribution is 0.240. The second kappa shape index (κ2) is 8.38. The second-order valence-corrected chi connectivity index (χ2v) is 8.67. The van der Waals surface area contributed by atoms with Crippen LogP contribution < -0.4 is 4.74 Å².